The third kappa shape index (κ3) is 3.43. The van der Waals surface area contributed by atoms with Gasteiger partial charge in [0.1, 0.15) is 11.9 Å². The van der Waals surface area contributed by atoms with E-state index in [2.05, 4.69) is 4.74 Å². The first-order valence-corrected chi connectivity index (χ1v) is 4.94. The first kappa shape index (κ1) is 14.4. The third-order valence-corrected chi connectivity index (χ3v) is 2.30. The summed E-state index contributed by atoms with van der Waals surface area (Å²) in [7, 11) is 1.12. The molecule has 18 heavy (non-hydrogen) atoms. The number of carbonyl (C=O) groups is 1. The molecule has 1 atom stereocenters. The Morgan fingerprint density at radius 1 is 1.44 bits per heavy atom. The van der Waals surface area contributed by atoms with Crippen LogP contribution in [-0.2, 0) is 22.1 Å². The fraction of sp³-hybridized carbons (Fsp3) is 0.364. The van der Waals surface area contributed by atoms with E-state index in [1.165, 1.54) is 0 Å². The zero-order valence-electron chi connectivity index (χ0n) is 9.42. The summed E-state index contributed by atoms with van der Waals surface area (Å²) in [5.74, 6) is -2.11. The Kier molecular flexibility index (Phi) is 4.28. The van der Waals surface area contributed by atoms with Crippen LogP contribution in [0.3, 0.4) is 0 Å². The van der Waals surface area contributed by atoms with E-state index >= 15 is 0 Å². The lowest BCUT2D eigenvalue weighted by Gasteiger charge is -2.12. The van der Waals surface area contributed by atoms with E-state index < -0.39 is 29.6 Å². The Morgan fingerprint density at radius 2 is 2.06 bits per heavy atom. The van der Waals surface area contributed by atoms with E-state index in [0.717, 1.165) is 13.2 Å². The number of benzene rings is 1. The summed E-state index contributed by atoms with van der Waals surface area (Å²) in [5.41, 5.74) is 4.14. The van der Waals surface area contributed by atoms with Crippen molar-refractivity contribution >= 4 is 5.97 Å². The van der Waals surface area contributed by atoms with Gasteiger partial charge >= 0.3 is 12.1 Å². The van der Waals surface area contributed by atoms with Crippen molar-refractivity contribution in [2.75, 3.05) is 7.11 Å². The molecule has 0 saturated carbocycles. The van der Waals surface area contributed by atoms with Crippen molar-refractivity contribution in [1.29, 1.82) is 0 Å². The highest BCUT2D eigenvalue weighted by molar-refractivity contribution is 5.75. The summed E-state index contributed by atoms with van der Waals surface area (Å²) in [6.07, 6.45) is -4.94. The molecule has 0 spiro atoms. The number of ether oxygens (including phenoxy) is 1. The Hall–Kier alpha value is -1.63. The van der Waals surface area contributed by atoms with Gasteiger partial charge in [0.2, 0.25) is 0 Å². The second kappa shape index (κ2) is 5.34. The monoisotopic (exact) mass is 265 g/mol. The zero-order valence-corrected chi connectivity index (χ0v) is 9.42. The summed E-state index contributed by atoms with van der Waals surface area (Å²) in [5, 5.41) is 0. The van der Waals surface area contributed by atoms with Crippen LogP contribution < -0.4 is 5.73 Å². The maximum atomic E-state index is 13.0. The van der Waals surface area contributed by atoms with Crippen LogP contribution in [0.15, 0.2) is 18.2 Å². The lowest BCUT2D eigenvalue weighted by molar-refractivity contribution is -0.142. The van der Waals surface area contributed by atoms with Gasteiger partial charge in [-0.15, -0.1) is 0 Å². The van der Waals surface area contributed by atoms with Gasteiger partial charge in [-0.3, -0.25) is 4.79 Å². The fourth-order valence-corrected chi connectivity index (χ4v) is 1.41. The van der Waals surface area contributed by atoms with Crippen LogP contribution in [0, 0.1) is 5.82 Å². The number of halogens is 4. The topological polar surface area (TPSA) is 52.3 Å². The number of nitrogens with two attached hydrogens (primary N) is 1. The van der Waals surface area contributed by atoms with Crippen molar-refractivity contribution in [2.45, 2.75) is 18.6 Å². The van der Waals surface area contributed by atoms with Gasteiger partial charge in [-0.2, -0.15) is 13.2 Å². The van der Waals surface area contributed by atoms with E-state index in [1.54, 1.807) is 0 Å². The third-order valence-electron chi connectivity index (χ3n) is 2.30. The number of hydrogen-bond acceptors (Lipinski definition) is 3. The van der Waals surface area contributed by atoms with Gasteiger partial charge in [0.15, 0.2) is 0 Å². The minimum atomic E-state index is -4.78. The number of esters is 1. The van der Waals surface area contributed by atoms with Gasteiger partial charge in [-0.25, -0.2) is 4.39 Å². The molecule has 1 unspecified atom stereocenters. The molecule has 7 heteroatoms. The van der Waals surface area contributed by atoms with E-state index in [-0.39, 0.29) is 12.0 Å². The molecule has 0 heterocycles. The Bertz CT molecular complexity index is 445. The van der Waals surface area contributed by atoms with Gasteiger partial charge in [0, 0.05) is 0 Å². The lowest BCUT2D eigenvalue weighted by Crippen LogP contribution is -2.33. The molecule has 0 aromatic heterocycles. The highest BCUT2D eigenvalue weighted by atomic mass is 19.4. The molecule has 1 aromatic rings. The van der Waals surface area contributed by atoms with E-state index in [9.17, 15) is 22.4 Å². The van der Waals surface area contributed by atoms with Gasteiger partial charge in [-0.05, 0) is 24.1 Å². The zero-order chi connectivity index (χ0) is 13.9. The molecule has 0 aliphatic heterocycles. The Balaban J connectivity index is 2.96. The predicted molar refractivity (Wildman–Crippen MR) is 55.1 cm³/mol. The summed E-state index contributed by atoms with van der Waals surface area (Å²) >= 11 is 0. The first-order valence-electron chi connectivity index (χ1n) is 4.94. The summed E-state index contributed by atoms with van der Waals surface area (Å²) in [4.78, 5) is 11.0. The van der Waals surface area contributed by atoms with Gasteiger partial charge < -0.3 is 10.5 Å². The molecule has 0 saturated heterocycles. The maximum absolute atomic E-state index is 13.0. The molecule has 0 fully saturated rings. The maximum Gasteiger partial charge on any atom is 0.419 e. The average Bonchev–Trinajstić information content (AvgIpc) is 2.29. The summed E-state index contributed by atoms with van der Waals surface area (Å²) in [6.45, 7) is 0. The van der Waals surface area contributed by atoms with Crippen LogP contribution in [0.5, 0.6) is 0 Å². The number of hydrogen-bond donors (Lipinski definition) is 1. The molecule has 100 valence electrons. The van der Waals surface area contributed by atoms with E-state index in [4.69, 9.17) is 5.73 Å². The molecule has 1 rings (SSSR count). The van der Waals surface area contributed by atoms with Crippen molar-refractivity contribution < 1.29 is 27.1 Å². The quantitative estimate of drug-likeness (QED) is 0.670. The molecule has 0 bridgehead atoms. The molecule has 0 amide bonds. The van der Waals surface area contributed by atoms with Crippen LogP contribution in [0.25, 0.3) is 0 Å². The van der Waals surface area contributed by atoms with Crippen LogP contribution in [0.4, 0.5) is 17.6 Å². The standard InChI is InChI=1S/C11H11F4NO2/c1-18-10(17)9(16)5-6-2-3-8(12)7(4-6)11(13,14)15/h2-4,9H,5,16H2,1H3. The molecule has 1 aromatic carbocycles. The van der Waals surface area contributed by atoms with E-state index in [1.807, 2.05) is 0 Å². The van der Waals surface area contributed by atoms with Crippen LogP contribution in [-0.4, -0.2) is 19.1 Å². The summed E-state index contributed by atoms with van der Waals surface area (Å²) < 4.78 is 54.6. The lowest BCUT2D eigenvalue weighted by atomic mass is 10.0. The average molecular weight is 265 g/mol. The number of rotatable bonds is 3. The van der Waals surface area contributed by atoms with Crippen molar-refractivity contribution in [2.24, 2.45) is 5.73 Å². The summed E-state index contributed by atoms with van der Waals surface area (Å²) in [6, 6.07) is 1.40. The Labute approximate surface area is 101 Å². The smallest absolute Gasteiger partial charge is 0.419 e. The number of carbonyl (C=O) groups excluding carboxylic acids is 1. The second-order valence-electron chi connectivity index (χ2n) is 3.65. The van der Waals surface area contributed by atoms with Crippen LogP contribution in [0.2, 0.25) is 0 Å². The molecule has 0 aliphatic carbocycles. The largest absolute Gasteiger partial charge is 0.468 e. The first-order chi connectivity index (χ1) is 8.25. The fourth-order valence-electron chi connectivity index (χ4n) is 1.41. The minimum Gasteiger partial charge on any atom is -0.468 e. The number of methoxy groups -OCH3 is 1. The normalized spacial score (nSPS) is 13.2. The highest BCUT2D eigenvalue weighted by Gasteiger charge is 2.34. The van der Waals surface area contributed by atoms with Gasteiger partial charge in [0.25, 0.3) is 0 Å². The van der Waals surface area contributed by atoms with Crippen molar-refractivity contribution in [3.05, 3.63) is 35.1 Å². The SMILES string of the molecule is COC(=O)C(N)Cc1ccc(F)c(C(F)(F)F)c1. The molecule has 3 nitrogen and oxygen atoms in total. The minimum absolute atomic E-state index is 0.113. The molecular formula is C11H11F4NO2. The predicted octanol–water partition coefficient (Wildman–Crippen LogP) is 1.89. The molecular weight excluding hydrogens is 254 g/mol. The Morgan fingerprint density at radius 3 is 2.56 bits per heavy atom. The van der Waals surface area contributed by atoms with Gasteiger partial charge in [-0.1, -0.05) is 6.07 Å². The van der Waals surface area contributed by atoms with Crippen molar-refractivity contribution in [1.82, 2.24) is 0 Å². The van der Waals surface area contributed by atoms with Crippen LogP contribution >= 0.6 is 0 Å². The molecule has 0 aliphatic rings. The number of alkyl halides is 3. The molecule has 2 N–H and O–H groups in total. The second-order valence-corrected chi connectivity index (χ2v) is 3.65. The van der Waals surface area contributed by atoms with Crippen molar-refractivity contribution in [3.63, 3.8) is 0 Å². The molecule has 0 radical (unpaired) electrons. The van der Waals surface area contributed by atoms with Crippen LogP contribution in [0.1, 0.15) is 11.1 Å². The van der Waals surface area contributed by atoms with Crippen molar-refractivity contribution in [3.8, 4) is 0 Å². The highest BCUT2D eigenvalue weighted by Crippen LogP contribution is 2.32. The van der Waals surface area contributed by atoms with E-state index in [0.29, 0.717) is 12.1 Å². The van der Waals surface area contributed by atoms with Gasteiger partial charge in [0.05, 0.1) is 12.7 Å².